The second-order valence-electron chi connectivity index (χ2n) is 6.49. The van der Waals surface area contributed by atoms with E-state index in [2.05, 4.69) is 10.6 Å². The molecule has 1 heterocycles. The Balaban J connectivity index is 2.29. The Morgan fingerprint density at radius 3 is 2.41 bits per heavy atom. The molecule has 0 saturated carbocycles. The Bertz CT molecular complexity index is 873. The normalized spacial score (nSPS) is 12.4. The van der Waals surface area contributed by atoms with E-state index >= 15 is 0 Å². The van der Waals surface area contributed by atoms with Crippen molar-refractivity contribution in [2.45, 2.75) is 26.8 Å². The van der Waals surface area contributed by atoms with Crippen molar-refractivity contribution in [3.63, 3.8) is 0 Å². The van der Waals surface area contributed by atoms with Gasteiger partial charge in [0, 0.05) is 5.02 Å². The number of benzene rings is 1. The summed E-state index contributed by atoms with van der Waals surface area (Å²) in [6, 6.07) is 8.88. The molecule has 0 unspecified atom stereocenters. The quantitative estimate of drug-likeness (QED) is 0.505. The highest BCUT2D eigenvalue weighted by molar-refractivity contribution is 6.30. The zero-order valence-electron chi connectivity index (χ0n) is 16.4. The summed E-state index contributed by atoms with van der Waals surface area (Å²) in [5, 5.41) is 5.70. The van der Waals surface area contributed by atoms with Gasteiger partial charge < -0.3 is 19.8 Å². The molecule has 0 spiro atoms. The fraction of sp³-hybridized carbons (Fsp3) is 0.286. The van der Waals surface area contributed by atoms with E-state index in [0.29, 0.717) is 10.6 Å². The van der Waals surface area contributed by atoms with Gasteiger partial charge in [0.15, 0.2) is 5.76 Å². The molecule has 0 aliphatic rings. The van der Waals surface area contributed by atoms with Crippen LogP contribution in [0.15, 0.2) is 52.8 Å². The van der Waals surface area contributed by atoms with E-state index in [4.69, 9.17) is 20.8 Å². The average Bonchev–Trinajstić information content (AvgIpc) is 3.21. The minimum Gasteiger partial charge on any atom is -0.464 e. The summed E-state index contributed by atoms with van der Waals surface area (Å²) in [6.07, 6.45) is 2.84. The Hall–Kier alpha value is -3.06. The molecule has 0 saturated heterocycles. The van der Waals surface area contributed by atoms with Gasteiger partial charge in [-0.05, 0) is 48.7 Å². The van der Waals surface area contributed by atoms with Crippen LogP contribution in [0.1, 0.15) is 36.9 Å². The van der Waals surface area contributed by atoms with Gasteiger partial charge >= 0.3 is 5.97 Å². The van der Waals surface area contributed by atoms with Crippen LogP contribution in [0.5, 0.6) is 0 Å². The molecule has 1 aromatic heterocycles. The van der Waals surface area contributed by atoms with Gasteiger partial charge in [0.1, 0.15) is 11.7 Å². The zero-order valence-corrected chi connectivity index (χ0v) is 17.2. The van der Waals surface area contributed by atoms with E-state index in [1.54, 1.807) is 51.1 Å². The fourth-order valence-electron chi connectivity index (χ4n) is 2.42. The number of ether oxygens (including phenoxy) is 1. The second kappa shape index (κ2) is 10.5. The number of furan rings is 1. The lowest BCUT2D eigenvalue weighted by molar-refractivity contribution is -0.148. The number of amides is 2. The van der Waals surface area contributed by atoms with Crippen LogP contribution in [0.4, 0.5) is 0 Å². The molecule has 2 amide bonds. The lowest BCUT2D eigenvalue weighted by Gasteiger charge is -2.21. The van der Waals surface area contributed by atoms with Crippen LogP contribution >= 0.6 is 11.6 Å². The van der Waals surface area contributed by atoms with Gasteiger partial charge in [-0.3, -0.25) is 9.59 Å². The van der Waals surface area contributed by atoms with Crippen LogP contribution in [0.25, 0.3) is 6.08 Å². The molecule has 0 fully saturated rings. The van der Waals surface area contributed by atoms with Crippen molar-refractivity contribution in [1.29, 1.82) is 0 Å². The van der Waals surface area contributed by atoms with E-state index in [1.807, 2.05) is 0 Å². The smallest absolute Gasteiger partial charge is 0.328 e. The number of rotatable bonds is 8. The minimum atomic E-state index is -0.864. The molecule has 2 rings (SSSR count). The van der Waals surface area contributed by atoms with Gasteiger partial charge in [0.25, 0.3) is 11.8 Å². The van der Waals surface area contributed by atoms with Gasteiger partial charge in [-0.2, -0.15) is 0 Å². The topological polar surface area (TPSA) is 97.6 Å². The summed E-state index contributed by atoms with van der Waals surface area (Å²) in [5.74, 6) is -1.94. The highest BCUT2D eigenvalue weighted by Crippen LogP contribution is 2.13. The fourth-order valence-corrected chi connectivity index (χ4v) is 2.55. The van der Waals surface area contributed by atoms with Crippen LogP contribution in [0, 0.1) is 5.92 Å². The molecule has 0 bridgehead atoms. The van der Waals surface area contributed by atoms with E-state index < -0.39 is 23.8 Å². The van der Waals surface area contributed by atoms with Gasteiger partial charge in [-0.25, -0.2) is 4.79 Å². The average molecular weight is 419 g/mol. The van der Waals surface area contributed by atoms with E-state index in [-0.39, 0.29) is 24.0 Å². The summed E-state index contributed by atoms with van der Waals surface area (Å²) in [7, 11) is 0. The summed E-state index contributed by atoms with van der Waals surface area (Å²) in [4.78, 5) is 37.4. The van der Waals surface area contributed by atoms with Crippen molar-refractivity contribution < 1.29 is 23.5 Å². The van der Waals surface area contributed by atoms with Crippen molar-refractivity contribution in [1.82, 2.24) is 10.6 Å². The number of halogens is 1. The molecule has 2 aromatic rings. The van der Waals surface area contributed by atoms with E-state index in [9.17, 15) is 14.4 Å². The number of esters is 1. The number of hydrogen-bond acceptors (Lipinski definition) is 5. The largest absolute Gasteiger partial charge is 0.464 e. The number of carbonyl (C=O) groups is 3. The third-order valence-corrected chi connectivity index (χ3v) is 4.16. The lowest BCUT2D eigenvalue weighted by Crippen LogP contribution is -2.47. The van der Waals surface area contributed by atoms with Crippen LogP contribution < -0.4 is 10.6 Å². The molecule has 29 heavy (non-hydrogen) atoms. The molecule has 0 aliphatic carbocycles. The molecular weight excluding hydrogens is 396 g/mol. The van der Waals surface area contributed by atoms with Gasteiger partial charge in [0.2, 0.25) is 0 Å². The number of hydrogen-bond donors (Lipinski definition) is 2. The van der Waals surface area contributed by atoms with Crippen LogP contribution in [-0.2, 0) is 14.3 Å². The Morgan fingerprint density at radius 2 is 1.86 bits per heavy atom. The van der Waals surface area contributed by atoms with Crippen molar-refractivity contribution in [3.05, 3.63) is 64.7 Å². The van der Waals surface area contributed by atoms with Gasteiger partial charge in [0.05, 0.1) is 12.9 Å². The summed E-state index contributed by atoms with van der Waals surface area (Å²) in [6.45, 7) is 5.45. The molecule has 7 nitrogen and oxygen atoms in total. The first kappa shape index (κ1) is 22.2. The Labute approximate surface area is 174 Å². The summed E-state index contributed by atoms with van der Waals surface area (Å²) < 4.78 is 10.1. The van der Waals surface area contributed by atoms with Gasteiger partial charge in [-0.15, -0.1) is 0 Å². The lowest BCUT2D eigenvalue weighted by atomic mass is 10.0. The minimum absolute atomic E-state index is 0.0469. The Kier molecular flexibility index (Phi) is 8.03. The molecule has 0 aliphatic heterocycles. The summed E-state index contributed by atoms with van der Waals surface area (Å²) >= 11 is 5.90. The number of carbonyl (C=O) groups excluding carboxylic acids is 3. The maximum Gasteiger partial charge on any atom is 0.328 e. The molecule has 2 N–H and O–H groups in total. The zero-order chi connectivity index (χ0) is 21.4. The van der Waals surface area contributed by atoms with Crippen molar-refractivity contribution in [2.75, 3.05) is 6.61 Å². The molecule has 154 valence electrons. The van der Waals surface area contributed by atoms with Crippen molar-refractivity contribution >= 4 is 35.5 Å². The van der Waals surface area contributed by atoms with Crippen molar-refractivity contribution in [2.24, 2.45) is 5.92 Å². The van der Waals surface area contributed by atoms with E-state index in [0.717, 1.165) is 0 Å². The standard InChI is InChI=1S/C21H23ClN2O5/c1-4-28-21(27)18(13(2)3)24-19(25)16(12-14-7-9-15(22)10-8-14)23-20(26)17-6-5-11-29-17/h5-13,18H,4H2,1-3H3,(H,23,26)(H,24,25)/b16-12+/t18-/m1/s1. The monoisotopic (exact) mass is 418 g/mol. The Morgan fingerprint density at radius 1 is 1.17 bits per heavy atom. The molecule has 1 atom stereocenters. The number of nitrogens with one attached hydrogen (secondary N) is 2. The maximum absolute atomic E-state index is 12.9. The van der Waals surface area contributed by atoms with E-state index in [1.165, 1.54) is 18.4 Å². The first-order chi connectivity index (χ1) is 13.8. The first-order valence-electron chi connectivity index (χ1n) is 9.11. The third kappa shape index (κ3) is 6.50. The van der Waals surface area contributed by atoms with Crippen LogP contribution in [0.2, 0.25) is 5.02 Å². The second-order valence-corrected chi connectivity index (χ2v) is 6.92. The predicted octanol–water partition coefficient (Wildman–Crippen LogP) is 3.41. The third-order valence-electron chi connectivity index (χ3n) is 3.91. The van der Waals surface area contributed by atoms with Crippen molar-refractivity contribution in [3.8, 4) is 0 Å². The van der Waals surface area contributed by atoms with Gasteiger partial charge in [-0.1, -0.05) is 37.6 Å². The van der Waals surface area contributed by atoms with Crippen LogP contribution in [0.3, 0.4) is 0 Å². The van der Waals surface area contributed by atoms with Crippen LogP contribution in [-0.4, -0.2) is 30.4 Å². The highest BCUT2D eigenvalue weighted by Gasteiger charge is 2.27. The summed E-state index contributed by atoms with van der Waals surface area (Å²) in [5.41, 5.74) is 0.584. The molecule has 1 aromatic carbocycles. The SMILES string of the molecule is CCOC(=O)[C@H](NC(=O)/C(=C\c1ccc(Cl)cc1)NC(=O)c1ccco1)C(C)C. The molecule has 0 radical (unpaired) electrons. The first-order valence-corrected chi connectivity index (χ1v) is 9.49. The predicted molar refractivity (Wildman–Crippen MR) is 109 cm³/mol. The maximum atomic E-state index is 12.9. The highest BCUT2D eigenvalue weighted by atomic mass is 35.5. The molecule has 8 heteroatoms. The molecular formula is C21H23ClN2O5.